The Labute approximate surface area is 130 Å². The lowest BCUT2D eigenvalue weighted by Crippen LogP contribution is -2.45. The molecular weight excluding hydrogens is 312 g/mol. The number of halogens is 1. The van der Waals surface area contributed by atoms with Crippen molar-refractivity contribution in [3.05, 3.63) is 29.3 Å². The quantitative estimate of drug-likeness (QED) is 0.902. The Bertz CT molecular complexity index is 612. The van der Waals surface area contributed by atoms with Crippen molar-refractivity contribution in [1.82, 2.24) is 4.90 Å². The second-order valence-electron chi connectivity index (χ2n) is 5.52. The highest BCUT2D eigenvalue weighted by atomic mass is 35.5. The topological polar surface area (TPSA) is 66.5 Å². The first-order valence-electron chi connectivity index (χ1n) is 6.79. The van der Waals surface area contributed by atoms with E-state index in [0.29, 0.717) is 10.7 Å². The zero-order chi connectivity index (χ0) is 15.6. The number of amides is 2. The molecule has 0 unspecified atom stereocenters. The standard InChI is InChI=1S/C14H19ClN2O3S/c1-10(9-21(2,19)20)17(13-7-8-13)14(18)16-12-5-3-11(15)4-6-12/h3-6,10,13H,7-9H2,1-2H3,(H,16,18)/t10-/m0/s1. The van der Waals surface area contributed by atoms with Gasteiger partial charge in [-0.25, -0.2) is 13.2 Å². The number of sulfone groups is 1. The first-order chi connectivity index (χ1) is 9.76. The van der Waals surface area contributed by atoms with E-state index in [-0.39, 0.29) is 23.9 Å². The van der Waals surface area contributed by atoms with Crippen LogP contribution in [0, 0.1) is 0 Å². The molecule has 1 N–H and O–H groups in total. The summed E-state index contributed by atoms with van der Waals surface area (Å²) in [7, 11) is -3.13. The van der Waals surface area contributed by atoms with Crippen molar-refractivity contribution >= 4 is 33.2 Å². The fraction of sp³-hybridized carbons (Fsp3) is 0.500. The third kappa shape index (κ3) is 4.89. The summed E-state index contributed by atoms with van der Waals surface area (Å²) >= 11 is 5.80. The molecule has 1 fully saturated rings. The number of rotatable bonds is 5. The normalized spacial score (nSPS) is 16.3. The van der Waals surface area contributed by atoms with Gasteiger partial charge in [0.2, 0.25) is 0 Å². The minimum absolute atomic E-state index is 0.0302. The van der Waals surface area contributed by atoms with Crippen LogP contribution in [0.15, 0.2) is 24.3 Å². The molecule has 0 bridgehead atoms. The van der Waals surface area contributed by atoms with Gasteiger partial charge in [-0.2, -0.15) is 0 Å². The van der Waals surface area contributed by atoms with Gasteiger partial charge in [-0.05, 0) is 44.0 Å². The van der Waals surface area contributed by atoms with Crippen LogP contribution in [0.1, 0.15) is 19.8 Å². The number of nitrogens with one attached hydrogen (secondary N) is 1. The van der Waals surface area contributed by atoms with Crippen molar-refractivity contribution in [1.29, 1.82) is 0 Å². The Morgan fingerprint density at radius 1 is 1.38 bits per heavy atom. The minimum atomic E-state index is -3.13. The van der Waals surface area contributed by atoms with Crippen LogP contribution in [0.3, 0.4) is 0 Å². The minimum Gasteiger partial charge on any atom is -0.318 e. The van der Waals surface area contributed by atoms with Crippen molar-refractivity contribution < 1.29 is 13.2 Å². The second-order valence-corrected chi connectivity index (χ2v) is 8.14. The molecule has 0 saturated heterocycles. The van der Waals surface area contributed by atoms with Crippen LogP contribution in [0.2, 0.25) is 5.02 Å². The third-order valence-corrected chi connectivity index (χ3v) is 4.63. The molecule has 1 saturated carbocycles. The smallest absolute Gasteiger partial charge is 0.318 e. The Hall–Kier alpha value is -1.27. The van der Waals surface area contributed by atoms with E-state index in [0.717, 1.165) is 12.8 Å². The molecular formula is C14H19ClN2O3S. The van der Waals surface area contributed by atoms with Gasteiger partial charge in [0.25, 0.3) is 0 Å². The zero-order valence-corrected chi connectivity index (χ0v) is 13.6. The van der Waals surface area contributed by atoms with Crippen LogP contribution in [-0.4, -0.2) is 43.4 Å². The van der Waals surface area contributed by atoms with Gasteiger partial charge in [-0.1, -0.05) is 11.6 Å². The van der Waals surface area contributed by atoms with Gasteiger partial charge in [0.15, 0.2) is 0 Å². The van der Waals surface area contributed by atoms with Gasteiger partial charge in [-0.3, -0.25) is 0 Å². The maximum Gasteiger partial charge on any atom is 0.322 e. The average Bonchev–Trinajstić information content (AvgIpc) is 3.14. The molecule has 5 nitrogen and oxygen atoms in total. The lowest BCUT2D eigenvalue weighted by Gasteiger charge is -2.29. The summed E-state index contributed by atoms with van der Waals surface area (Å²) in [4.78, 5) is 14.0. The lowest BCUT2D eigenvalue weighted by atomic mass is 10.3. The van der Waals surface area contributed by atoms with Crippen molar-refractivity contribution in [2.75, 3.05) is 17.3 Å². The lowest BCUT2D eigenvalue weighted by molar-refractivity contribution is 0.194. The van der Waals surface area contributed by atoms with Gasteiger partial charge in [0.1, 0.15) is 9.84 Å². The molecule has 1 aromatic rings. The number of hydrogen-bond acceptors (Lipinski definition) is 3. The Balaban J connectivity index is 2.07. The molecule has 1 aliphatic rings. The Morgan fingerprint density at radius 2 is 1.95 bits per heavy atom. The van der Waals surface area contributed by atoms with Gasteiger partial charge in [0, 0.05) is 29.0 Å². The third-order valence-electron chi connectivity index (χ3n) is 3.29. The van der Waals surface area contributed by atoms with Crippen LogP contribution < -0.4 is 5.32 Å². The van der Waals surface area contributed by atoms with E-state index in [1.165, 1.54) is 6.26 Å². The number of nitrogens with zero attached hydrogens (tertiary/aromatic N) is 1. The molecule has 0 heterocycles. The molecule has 1 atom stereocenters. The highest BCUT2D eigenvalue weighted by Crippen LogP contribution is 2.29. The van der Waals surface area contributed by atoms with Gasteiger partial charge in [-0.15, -0.1) is 0 Å². The number of benzene rings is 1. The Morgan fingerprint density at radius 3 is 2.43 bits per heavy atom. The number of urea groups is 1. The summed E-state index contributed by atoms with van der Waals surface area (Å²) < 4.78 is 22.9. The molecule has 0 radical (unpaired) electrons. The van der Waals surface area contributed by atoms with E-state index in [1.54, 1.807) is 36.1 Å². The van der Waals surface area contributed by atoms with E-state index >= 15 is 0 Å². The molecule has 1 aliphatic carbocycles. The van der Waals surface area contributed by atoms with E-state index in [1.807, 2.05) is 0 Å². The first-order valence-corrected chi connectivity index (χ1v) is 9.23. The molecule has 2 rings (SSSR count). The van der Waals surface area contributed by atoms with Crippen LogP contribution in [0.5, 0.6) is 0 Å². The Kier molecular flexibility index (Phi) is 4.78. The summed E-state index contributed by atoms with van der Waals surface area (Å²) in [6, 6.07) is 6.33. The predicted octanol–water partition coefficient (Wildman–Crippen LogP) is 2.77. The van der Waals surface area contributed by atoms with Gasteiger partial charge >= 0.3 is 6.03 Å². The van der Waals surface area contributed by atoms with Crippen LogP contribution in [-0.2, 0) is 9.84 Å². The van der Waals surface area contributed by atoms with Crippen molar-refractivity contribution in [2.24, 2.45) is 0 Å². The van der Waals surface area contributed by atoms with E-state index in [2.05, 4.69) is 5.32 Å². The predicted molar refractivity (Wildman–Crippen MR) is 84.5 cm³/mol. The van der Waals surface area contributed by atoms with Crippen molar-refractivity contribution in [3.63, 3.8) is 0 Å². The monoisotopic (exact) mass is 330 g/mol. The fourth-order valence-electron chi connectivity index (χ4n) is 2.32. The molecule has 7 heteroatoms. The van der Waals surface area contributed by atoms with E-state index in [9.17, 15) is 13.2 Å². The molecule has 0 aliphatic heterocycles. The zero-order valence-electron chi connectivity index (χ0n) is 12.0. The van der Waals surface area contributed by atoms with Gasteiger partial charge < -0.3 is 10.2 Å². The largest absolute Gasteiger partial charge is 0.322 e. The number of anilines is 1. The number of hydrogen-bond donors (Lipinski definition) is 1. The summed E-state index contributed by atoms with van der Waals surface area (Å²) in [6.45, 7) is 1.76. The summed E-state index contributed by atoms with van der Waals surface area (Å²) in [6.07, 6.45) is 3.02. The number of carbonyl (C=O) groups excluding carboxylic acids is 1. The molecule has 0 aromatic heterocycles. The van der Waals surface area contributed by atoms with E-state index in [4.69, 9.17) is 11.6 Å². The van der Waals surface area contributed by atoms with Crippen molar-refractivity contribution in [3.8, 4) is 0 Å². The summed E-state index contributed by atoms with van der Waals surface area (Å²) in [5.74, 6) is -0.0302. The van der Waals surface area contributed by atoms with Crippen molar-refractivity contribution in [2.45, 2.75) is 31.8 Å². The van der Waals surface area contributed by atoms with E-state index < -0.39 is 9.84 Å². The fourth-order valence-corrected chi connectivity index (χ4v) is 3.48. The molecule has 2 amide bonds. The number of carbonyl (C=O) groups is 1. The van der Waals surface area contributed by atoms with Gasteiger partial charge in [0.05, 0.1) is 5.75 Å². The van der Waals surface area contributed by atoms with Crippen LogP contribution in [0.4, 0.5) is 10.5 Å². The first kappa shape index (κ1) is 16.1. The molecule has 1 aromatic carbocycles. The maximum atomic E-state index is 12.4. The SMILES string of the molecule is C[C@@H](CS(C)(=O)=O)N(C(=O)Nc1ccc(Cl)cc1)C1CC1. The molecule has 0 spiro atoms. The maximum absolute atomic E-state index is 12.4. The highest BCUT2D eigenvalue weighted by Gasteiger charge is 2.36. The van der Waals surface area contributed by atoms with Crippen LogP contribution >= 0.6 is 11.6 Å². The highest BCUT2D eigenvalue weighted by molar-refractivity contribution is 7.90. The molecule has 116 valence electrons. The second kappa shape index (κ2) is 6.23. The summed E-state index contributed by atoms with van der Waals surface area (Å²) in [5.41, 5.74) is 0.640. The average molecular weight is 331 g/mol. The summed E-state index contributed by atoms with van der Waals surface area (Å²) in [5, 5.41) is 3.39. The van der Waals surface area contributed by atoms with Crippen LogP contribution in [0.25, 0.3) is 0 Å². The molecule has 21 heavy (non-hydrogen) atoms.